The van der Waals surface area contributed by atoms with Gasteiger partial charge in [0, 0.05) is 30.8 Å². The Balaban J connectivity index is 1.59. The minimum Gasteiger partial charge on any atom is -0.356 e. The molecule has 1 aromatic carbocycles. The molecule has 0 atom stereocenters. The Kier molecular flexibility index (Phi) is 7.60. The van der Waals surface area contributed by atoms with E-state index in [9.17, 15) is 0 Å². The Morgan fingerprint density at radius 2 is 1.95 bits per heavy atom. The van der Waals surface area contributed by atoms with E-state index in [2.05, 4.69) is 57.9 Å². The van der Waals surface area contributed by atoms with Crippen molar-refractivity contribution in [2.45, 2.75) is 17.7 Å². The molecule has 2 N–H and O–H groups in total. The number of aliphatic imine (C=N–C) groups is 1. The zero-order chi connectivity index (χ0) is 15.6. The number of nitrogens with one attached hydrogen (secondary N) is 2. The van der Waals surface area contributed by atoms with E-state index in [0.29, 0.717) is 0 Å². The van der Waals surface area contributed by atoms with E-state index in [1.54, 1.807) is 0 Å². The summed E-state index contributed by atoms with van der Waals surface area (Å²) in [6.45, 7) is 4.38. The third kappa shape index (κ3) is 6.28. The monoisotopic (exact) mass is 320 g/mol. The van der Waals surface area contributed by atoms with Crippen LogP contribution in [0.4, 0.5) is 0 Å². The molecule has 1 saturated heterocycles. The van der Waals surface area contributed by atoms with Crippen LogP contribution in [0.25, 0.3) is 0 Å². The zero-order valence-electron chi connectivity index (χ0n) is 13.7. The molecule has 0 saturated carbocycles. The fraction of sp³-hybridized carbons (Fsp3) is 0.588. The smallest absolute Gasteiger partial charge is 0.191 e. The highest BCUT2D eigenvalue weighted by molar-refractivity contribution is 7.99. The average molecular weight is 321 g/mol. The molecular weight excluding hydrogens is 292 g/mol. The van der Waals surface area contributed by atoms with Crippen molar-refractivity contribution in [2.75, 3.05) is 46.0 Å². The summed E-state index contributed by atoms with van der Waals surface area (Å²) in [5.41, 5.74) is 0. The van der Waals surface area contributed by atoms with Gasteiger partial charge >= 0.3 is 0 Å². The van der Waals surface area contributed by atoms with E-state index < -0.39 is 0 Å². The summed E-state index contributed by atoms with van der Waals surface area (Å²) in [6, 6.07) is 10.5. The first-order valence-electron chi connectivity index (χ1n) is 8.09. The lowest BCUT2D eigenvalue weighted by Gasteiger charge is -2.29. The maximum absolute atomic E-state index is 4.31. The van der Waals surface area contributed by atoms with Crippen LogP contribution in [-0.4, -0.2) is 56.9 Å². The van der Waals surface area contributed by atoms with Gasteiger partial charge in [0.05, 0.1) is 0 Å². The molecule has 0 unspecified atom stereocenters. The number of hydrogen-bond acceptors (Lipinski definition) is 3. The van der Waals surface area contributed by atoms with Crippen molar-refractivity contribution in [2.24, 2.45) is 10.9 Å². The summed E-state index contributed by atoms with van der Waals surface area (Å²) in [5.74, 6) is 2.74. The molecule has 22 heavy (non-hydrogen) atoms. The lowest BCUT2D eigenvalue weighted by atomic mass is 9.97. The zero-order valence-corrected chi connectivity index (χ0v) is 14.5. The van der Waals surface area contributed by atoms with E-state index in [-0.39, 0.29) is 0 Å². The number of rotatable bonds is 6. The Hall–Kier alpha value is -1.20. The second kappa shape index (κ2) is 9.74. The SMILES string of the molecule is CN=C(NCCSc1ccccc1)NCC1CCN(C)CC1. The highest BCUT2D eigenvalue weighted by atomic mass is 32.2. The van der Waals surface area contributed by atoms with Crippen molar-refractivity contribution in [1.29, 1.82) is 0 Å². The van der Waals surface area contributed by atoms with Gasteiger partial charge in [0.2, 0.25) is 0 Å². The third-order valence-electron chi connectivity index (χ3n) is 4.03. The van der Waals surface area contributed by atoms with Crippen LogP contribution in [0, 0.1) is 5.92 Å². The standard InChI is InChI=1S/C17H28N4S/c1-18-17(20-14-15-8-11-21(2)12-9-15)19-10-13-22-16-6-4-3-5-7-16/h3-7,15H,8-14H2,1-2H3,(H2,18,19,20). The van der Waals surface area contributed by atoms with E-state index in [0.717, 1.165) is 30.7 Å². The highest BCUT2D eigenvalue weighted by Crippen LogP contribution is 2.16. The summed E-state index contributed by atoms with van der Waals surface area (Å²) in [4.78, 5) is 8.03. The first-order chi connectivity index (χ1) is 10.8. The average Bonchev–Trinajstić information content (AvgIpc) is 2.57. The van der Waals surface area contributed by atoms with E-state index >= 15 is 0 Å². The highest BCUT2D eigenvalue weighted by Gasteiger charge is 2.16. The molecule has 2 rings (SSSR count). The Bertz CT molecular complexity index is 441. The molecule has 4 nitrogen and oxygen atoms in total. The molecule has 5 heteroatoms. The van der Waals surface area contributed by atoms with Gasteiger partial charge in [-0.05, 0) is 51.0 Å². The minimum atomic E-state index is 0.772. The van der Waals surface area contributed by atoms with E-state index in [1.807, 2.05) is 18.8 Å². The molecule has 0 bridgehead atoms. The molecule has 0 amide bonds. The second-order valence-electron chi connectivity index (χ2n) is 5.79. The van der Waals surface area contributed by atoms with Crippen molar-refractivity contribution in [3.63, 3.8) is 0 Å². The van der Waals surface area contributed by atoms with Gasteiger partial charge in [0.1, 0.15) is 0 Å². The fourth-order valence-corrected chi connectivity index (χ4v) is 3.37. The van der Waals surface area contributed by atoms with Crippen LogP contribution in [0.5, 0.6) is 0 Å². The van der Waals surface area contributed by atoms with E-state index in [1.165, 1.54) is 30.8 Å². The number of guanidine groups is 1. The molecule has 1 aromatic rings. The fourth-order valence-electron chi connectivity index (χ4n) is 2.58. The summed E-state index contributed by atoms with van der Waals surface area (Å²) in [6.07, 6.45) is 2.56. The first kappa shape index (κ1) is 17.2. The quantitative estimate of drug-likeness (QED) is 0.365. The molecule has 0 aliphatic carbocycles. The number of nitrogens with zero attached hydrogens (tertiary/aromatic N) is 2. The molecule has 0 radical (unpaired) electrons. The van der Waals surface area contributed by atoms with Crippen LogP contribution in [0.2, 0.25) is 0 Å². The third-order valence-corrected chi connectivity index (χ3v) is 5.04. The maximum Gasteiger partial charge on any atom is 0.191 e. The van der Waals surface area contributed by atoms with Crippen LogP contribution in [-0.2, 0) is 0 Å². The van der Waals surface area contributed by atoms with Gasteiger partial charge in [-0.2, -0.15) is 0 Å². The van der Waals surface area contributed by atoms with Crippen molar-refractivity contribution >= 4 is 17.7 Å². The molecule has 0 aromatic heterocycles. The Morgan fingerprint density at radius 1 is 1.23 bits per heavy atom. The minimum absolute atomic E-state index is 0.772. The van der Waals surface area contributed by atoms with Gasteiger partial charge in [-0.25, -0.2) is 0 Å². The van der Waals surface area contributed by atoms with Crippen LogP contribution in [0.3, 0.4) is 0 Å². The van der Waals surface area contributed by atoms with Gasteiger partial charge in [-0.1, -0.05) is 18.2 Å². The lowest BCUT2D eigenvalue weighted by molar-refractivity contribution is 0.220. The summed E-state index contributed by atoms with van der Waals surface area (Å²) in [5, 5.41) is 6.86. The Morgan fingerprint density at radius 3 is 2.64 bits per heavy atom. The number of likely N-dealkylation sites (tertiary alicyclic amines) is 1. The normalized spacial score (nSPS) is 17.5. The largest absolute Gasteiger partial charge is 0.356 e. The second-order valence-corrected chi connectivity index (χ2v) is 6.96. The van der Waals surface area contributed by atoms with Gasteiger partial charge in [0.15, 0.2) is 5.96 Å². The Labute approximate surface area is 138 Å². The van der Waals surface area contributed by atoms with Gasteiger partial charge in [-0.3, -0.25) is 4.99 Å². The number of piperidine rings is 1. The summed E-state index contributed by atoms with van der Waals surface area (Å²) in [7, 11) is 4.04. The lowest BCUT2D eigenvalue weighted by Crippen LogP contribution is -2.42. The van der Waals surface area contributed by atoms with Gasteiger partial charge < -0.3 is 15.5 Å². The van der Waals surface area contributed by atoms with Crippen LogP contribution in [0.1, 0.15) is 12.8 Å². The summed E-state index contributed by atoms with van der Waals surface area (Å²) >= 11 is 1.87. The predicted molar refractivity (Wildman–Crippen MR) is 96.8 cm³/mol. The maximum atomic E-state index is 4.31. The molecule has 122 valence electrons. The topological polar surface area (TPSA) is 39.7 Å². The molecule has 0 spiro atoms. The van der Waals surface area contributed by atoms with E-state index in [4.69, 9.17) is 0 Å². The molecule has 1 aliphatic rings. The predicted octanol–water partition coefficient (Wildman–Crippen LogP) is 2.29. The van der Waals surface area contributed by atoms with Crippen LogP contribution in [0.15, 0.2) is 40.2 Å². The van der Waals surface area contributed by atoms with Crippen molar-refractivity contribution in [1.82, 2.24) is 15.5 Å². The molecule has 1 fully saturated rings. The molecule has 1 aliphatic heterocycles. The molecular formula is C17H28N4S. The van der Waals surface area contributed by atoms with Crippen molar-refractivity contribution in [3.8, 4) is 0 Å². The van der Waals surface area contributed by atoms with Gasteiger partial charge in [0.25, 0.3) is 0 Å². The van der Waals surface area contributed by atoms with Crippen LogP contribution >= 0.6 is 11.8 Å². The number of benzene rings is 1. The van der Waals surface area contributed by atoms with Crippen LogP contribution < -0.4 is 10.6 Å². The van der Waals surface area contributed by atoms with Crippen molar-refractivity contribution < 1.29 is 0 Å². The first-order valence-corrected chi connectivity index (χ1v) is 9.07. The summed E-state index contributed by atoms with van der Waals surface area (Å²) < 4.78 is 0. The van der Waals surface area contributed by atoms with Crippen molar-refractivity contribution in [3.05, 3.63) is 30.3 Å². The number of hydrogen-bond donors (Lipinski definition) is 2. The van der Waals surface area contributed by atoms with Gasteiger partial charge in [-0.15, -0.1) is 11.8 Å². The number of thioether (sulfide) groups is 1. The molecule has 1 heterocycles.